The molecule has 1 aromatic heterocycles. The van der Waals surface area contributed by atoms with Gasteiger partial charge in [-0.2, -0.15) is 5.26 Å². The molecule has 0 aliphatic rings. The van der Waals surface area contributed by atoms with Crippen LogP contribution in [0.2, 0.25) is 0 Å². The molecule has 0 bridgehead atoms. The van der Waals surface area contributed by atoms with E-state index in [1.165, 1.54) is 18.3 Å². The van der Waals surface area contributed by atoms with Crippen molar-refractivity contribution in [3.8, 4) is 17.7 Å². The molecular weight excluding hydrogens is 262 g/mol. The number of aliphatic hydroxyl groups excluding tert-OH is 1. The minimum Gasteiger partial charge on any atom is -0.434 e. The summed E-state index contributed by atoms with van der Waals surface area (Å²) in [5.74, 6) is 0.0337. The molecular formula is C13H9N3O4. The van der Waals surface area contributed by atoms with Gasteiger partial charge in [-0.3, -0.25) is 10.1 Å². The Hall–Kier alpha value is -2.98. The lowest BCUT2D eigenvalue weighted by molar-refractivity contribution is -0.386. The van der Waals surface area contributed by atoms with Crippen LogP contribution in [-0.2, 0) is 6.61 Å². The number of benzene rings is 1. The quantitative estimate of drug-likeness (QED) is 0.673. The van der Waals surface area contributed by atoms with Gasteiger partial charge in [0.15, 0.2) is 0 Å². The molecule has 0 fully saturated rings. The Kier molecular flexibility index (Phi) is 3.88. The molecule has 100 valence electrons. The molecule has 1 N–H and O–H groups in total. The molecule has 7 heteroatoms. The Morgan fingerprint density at radius 2 is 2.25 bits per heavy atom. The summed E-state index contributed by atoms with van der Waals surface area (Å²) in [6.07, 6.45) is 1.26. The van der Waals surface area contributed by atoms with Crippen LogP contribution in [0, 0.1) is 21.4 Å². The van der Waals surface area contributed by atoms with Gasteiger partial charge in [-0.1, -0.05) is 12.1 Å². The zero-order valence-corrected chi connectivity index (χ0v) is 10.2. The summed E-state index contributed by atoms with van der Waals surface area (Å²) in [7, 11) is 0. The van der Waals surface area contributed by atoms with E-state index in [4.69, 9.17) is 15.1 Å². The maximum absolute atomic E-state index is 11.0. The molecule has 0 saturated carbocycles. The summed E-state index contributed by atoms with van der Waals surface area (Å²) in [5, 5.41) is 28.9. The topological polar surface area (TPSA) is 109 Å². The molecule has 0 aliphatic carbocycles. The fourth-order valence-electron chi connectivity index (χ4n) is 1.60. The number of aromatic nitrogens is 1. The van der Waals surface area contributed by atoms with Crippen molar-refractivity contribution in [1.29, 1.82) is 5.26 Å². The van der Waals surface area contributed by atoms with E-state index in [9.17, 15) is 10.1 Å². The van der Waals surface area contributed by atoms with Gasteiger partial charge in [-0.05, 0) is 23.8 Å². The van der Waals surface area contributed by atoms with Crippen LogP contribution >= 0.6 is 0 Å². The Balaban J connectivity index is 2.43. The number of rotatable bonds is 4. The largest absolute Gasteiger partial charge is 0.434 e. The van der Waals surface area contributed by atoms with E-state index in [1.54, 1.807) is 24.3 Å². The first kappa shape index (κ1) is 13.5. The molecule has 0 aliphatic heterocycles. The fraction of sp³-hybridized carbons (Fsp3) is 0.0769. The molecule has 1 heterocycles. The maximum Gasteiger partial charge on any atom is 0.348 e. The Labute approximate surface area is 113 Å². The number of nitrogens with zero attached hydrogens (tertiary/aromatic N) is 3. The normalized spacial score (nSPS) is 9.80. The fourth-order valence-corrected chi connectivity index (χ4v) is 1.60. The van der Waals surface area contributed by atoms with E-state index in [-0.39, 0.29) is 18.1 Å². The van der Waals surface area contributed by atoms with E-state index in [0.29, 0.717) is 11.3 Å². The van der Waals surface area contributed by atoms with Crippen LogP contribution in [0.3, 0.4) is 0 Å². The van der Waals surface area contributed by atoms with Gasteiger partial charge in [0.25, 0.3) is 0 Å². The first-order chi connectivity index (χ1) is 9.65. The number of ether oxygens (including phenoxy) is 1. The predicted octanol–water partition coefficient (Wildman–Crippen LogP) is 2.15. The van der Waals surface area contributed by atoms with Crippen LogP contribution in [0.25, 0.3) is 0 Å². The predicted molar refractivity (Wildman–Crippen MR) is 68.0 cm³/mol. The monoisotopic (exact) mass is 271 g/mol. The summed E-state index contributed by atoms with van der Waals surface area (Å²) in [5.41, 5.74) is -0.00990. The highest BCUT2D eigenvalue weighted by molar-refractivity contribution is 5.55. The molecule has 0 atom stereocenters. The van der Waals surface area contributed by atoms with Crippen molar-refractivity contribution < 1.29 is 14.8 Å². The van der Waals surface area contributed by atoms with Gasteiger partial charge in [-0.15, -0.1) is 0 Å². The van der Waals surface area contributed by atoms with Gasteiger partial charge in [0, 0.05) is 6.20 Å². The smallest absolute Gasteiger partial charge is 0.348 e. The van der Waals surface area contributed by atoms with Crippen molar-refractivity contribution in [3.63, 3.8) is 0 Å². The van der Waals surface area contributed by atoms with E-state index in [0.717, 1.165) is 0 Å². The van der Waals surface area contributed by atoms with Crippen LogP contribution in [-0.4, -0.2) is 15.0 Å². The third kappa shape index (κ3) is 2.71. The average Bonchev–Trinajstić information content (AvgIpc) is 2.46. The van der Waals surface area contributed by atoms with Crippen molar-refractivity contribution >= 4 is 5.69 Å². The van der Waals surface area contributed by atoms with E-state index in [1.807, 2.05) is 0 Å². The average molecular weight is 271 g/mol. The molecule has 2 aromatic rings. The lowest BCUT2D eigenvalue weighted by Gasteiger charge is -2.06. The van der Waals surface area contributed by atoms with Gasteiger partial charge < -0.3 is 9.84 Å². The minimum absolute atomic E-state index is 0.127. The van der Waals surface area contributed by atoms with E-state index in [2.05, 4.69) is 4.98 Å². The molecule has 0 saturated heterocycles. The molecule has 20 heavy (non-hydrogen) atoms. The van der Waals surface area contributed by atoms with E-state index < -0.39 is 10.6 Å². The lowest BCUT2D eigenvalue weighted by Crippen LogP contribution is -1.99. The molecule has 0 amide bonds. The number of hydrogen-bond acceptors (Lipinski definition) is 6. The van der Waals surface area contributed by atoms with Crippen LogP contribution in [0.4, 0.5) is 5.69 Å². The van der Waals surface area contributed by atoms with Crippen LogP contribution in [0.5, 0.6) is 11.6 Å². The van der Waals surface area contributed by atoms with Gasteiger partial charge in [0.1, 0.15) is 17.4 Å². The van der Waals surface area contributed by atoms with Crippen molar-refractivity contribution in [3.05, 3.63) is 57.8 Å². The Morgan fingerprint density at radius 1 is 1.45 bits per heavy atom. The number of nitro groups is 1. The van der Waals surface area contributed by atoms with Crippen LogP contribution in [0.1, 0.15) is 11.1 Å². The number of hydrogen-bond donors (Lipinski definition) is 1. The Bertz CT molecular complexity index is 694. The van der Waals surface area contributed by atoms with Crippen molar-refractivity contribution in [2.75, 3.05) is 0 Å². The molecule has 0 unspecified atom stereocenters. The molecule has 7 nitrogen and oxygen atoms in total. The minimum atomic E-state index is -0.712. The standard InChI is InChI=1S/C13H9N3O4/c14-7-10-4-5-15-13(12(10)16(18)19)20-11-3-1-2-9(6-11)8-17/h1-6,17H,8H2. The summed E-state index contributed by atoms with van der Waals surface area (Å²) in [4.78, 5) is 14.1. The highest BCUT2D eigenvalue weighted by Gasteiger charge is 2.23. The highest BCUT2D eigenvalue weighted by Crippen LogP contribution is 2.31. The second-order valence-corrected chi connectivity index (χ2v) is 3.79. The van der Waals surface area contributed by atoms with Crippen LogP contribution < -0.4 is 4.74 Å². The third-order valence-corrected chi connectivity index (χ3v) is 2.49. The van der Waals surface area contributed by atoms with Crippen LogP contribution in [0.15, 0.2) is 36.5 Å². The van der Waals surface area contributed by atoms with Crippen molar-refractivity contribution in [2.45, 2.75) is 6.61 Å². The second kappa shape index (κ2) is 5.77. The van der Waals surface area contributed by atoms with E-state index >= 15 is 0 Å². The van der Waals surface area contributed by atoms with Gasteiger partial charge in [0.2, 0.25) is 0 Å². The first-order valence-corrected chi connectivity index (χ1v) is 5.57. The summed E-state index contributed by atoms with van der Waals surface area (Å²) >= 11 is 0. The third-order valence-electron chi connectivity index (χ3n) is 2.49. The second-order valence-electron chi connectivity index (χ2n) is 3.79. The molecule has 1 aromatic carbocycles. The summed E-state index contributed by atoms with van der Waals surface area (Å²) in [6, 6.07) is 9.40. The molecule has 2 rings (SSSR count). The van der Waals surface area contributed by atoms with Crippen molar-refractivity contribution in [1.82, 2.24) is 4.98 Å². The van der Waals surface area contributed by atoms with Gasteiger partial charge in [-0.25, -0.2) is 4.98 Å². The summed E-state index contributed by atoms with van der Waals surface area (Å²) in [6.45, 7) is -0.176. The maximum atomic E-state index is 11.0. The zero-order valence-electron chi connectivity index (χ0n) is 10.2. The molecule has 0 radical (unpaired) electrons. The first-order valence-electron chi connectivity index (χ1n) is 5.57. The number of nitriles is 1. The number of pyridine rings is 1. The summed E-state index contributed by atoms with van der Waals surface area (Å²) < 4.78 is 5.34. The number of aliphatic hydroxyl groups is 1. The highest BCUT2D eigenvalue weighted by atomic mass is 16.6. The SMILES string of the molecule is N#Cc1ccnc(Oc2cccc(CO)c2)c1[N+](=O)[O-]. The lowest BCUT2D eigenvalue weighted by atomic mass is 10.2. The molecule has 0 spiro atoms. The van der Waals surface area contributed by atoms with Gasteiger partial charge in [0.05, 0.1) is 11.5 Å². The zero-order chi connectivity index (χ0) is 14.5. The van der Waals surface area contributed by atoms with Crippen molar-refractivity contribution in [2.24, 2.45) is 0 Å². The Morgan fingerprint density at radius 3 is 2.90 bits per heavy atom. The van der Waals surface area contributed by atoms with Gasteiger partial charge >= 0.3 is 11.6 Å².